The Labute approximate surface area is 232 Å². The fraction of sp³-hybridized carbons (Fsp3) is 0.414. The van der Waals surface area contributed by atoms with E-state index in [1.54, 1.807) is 4.90 Å². The Morgan fingerprint density at radius 3 is 2.59 bits per heavy atom. The molecule has 4 aromatic rings. The fourth-order valence-corrected chi connectivity index (χ4v) is 7.71. The van der Waals surface area contributed by atoms with E-state index in [2.05, 4.69) is 4.98 Å². The molecule has 2 aliphatic rings. The molecule has 0 spiro atoms. The van der Waals surface area contributed by atoms with Crippen LogP contribution in [0.15, 0.2) is 63.7 Å². The molecule has 4 heterocycles. The molecule has 204 valence electrons. The van der Waals surface area contributed by atoms with Crippen LogP contribution in [0.3, 0.4) is 0 Å². The van der Waals surface area contributed by atoms with Crippen LogP contribution in [0.4, 0.5) is 8.78 Å². The highest BCUT2D eigenvalue weighted by molar-refractivity contribution is 7.15. The summed E-state index contributed by atoms with van der Waals surface area (Å²) in [6.45, 7) is 0.722. The zero-order chi connectivity index (χ0) is 27.2. The van der Waals surface area contributed by atoms with Gasteiger partial charge in [-0.2, -0.15) is 11.3 Å². The monoisotopic (exact) mass is 569 g/mol. The quantitative estimate of drug-likeness (QED) is 0.332. The van der Waals surface area contributed by atoms with Crippen molar-refractivity contribution < 1.29 is 18.7 Å². The number of likely N-dealkylation sites (tertiary alicyclic amines) is 1. The van der Waals surface area contributed by atoms with E-state index in [1.807, 2.05) is 52.5 Å². The van der Waals surface area contributed by atoms with Gasteiger partial charge in [-0.15, -0.1) is 11.3 Å². The number of alkyl halides is 2. The van der Waals surface area contributed by atoms with Gasteiger partial charge in [0.1, 0.15) is 0 Å². The zero-order valence-electron chi connectivity index (χ0n) is 21.3. The first-order valence-electron chi connectivity index (χ1n) is 13.2. The van der Waals surface area contributed by atoms with E-state index >= 15 is 0 Å². The zero-order valence-corrected chi connectivity index (χ0v) is 22.9. The summed E-state index contributed by atoms with van der Waals surface area (Å²) in [5.74, 6) is -3.87. The fourth-order valence-electron chi connectivity index (χ4n) is 5.99. The molecule has 1 saturated carbocycles. The van der Waals surface area contributed by atoms with Crippen LogP contribution in [0.25, 0.3) is 21.3 Å². The molecule has 3 aromatic heterocycles. The van der Waals surface area contributed by atoms with Crippen molar-refractivity contribution in [2.45, 2.75) is 56.1 Å². The lowest BCUT2D eigenvalue weighted by Crippen LogP contribution is -2.52. The third kappa shape index (κ3) is 5.17. The Morgan fingerprint density at radius 2 is 1.87 bits per heavy atom. The summed E-state index contributed by atoms with van der Waals surface area (Å²) in [4.78, 5) is 34.0. The van der Waals surface area contributed by atoms with Gasteiger partial charge < -0.3 is 10.0 Å². The molecule has 2 atom stereocenters. The topological polar surface area (TPSA) is 75.4 Å². The van der Waals surface area contributed by atoms with Crippen molar-refractivity contribution in [1.82, 2.24) is 14.5 Å². The Morgan fingerprint density at radius 1 is 1.10 bits per heavy atom. The molecule has 39 heavy (non-hydrogen) atoms. The van der Waals surface area contributed by atoms with Crippen LogP contribution in [0.2, 0.25) is 0 Å². The van der Waals surface area contributed by atoms with Crippen molar-refractivity contribution in [1.29, 1.82) is 0 Å². The van der Waals surface area contributed by atoms with Gasteiger partial charge in [-0.25, -0.2) is 13.8 Å². The van der Waals surface area contributed by atoms with E-state index in [4.69, 9.17) is 0 Å². The van der Waals surface area contributed by atoms with Crippen LogP contribution in [0.5, 0.6) is 0 Å². The van der Waals surface area contributed by atoms with Gasteiger partial charge in [0.2, 0.25) is 11.8 Å². The Kier molecular flexibility index (Phi) is 6.89. The molecular weight excluding hydrogens is 540 g/mol. The van der Waals surface area contributed by atoms with Gasteiger partial charge in [-0.05, 0) is 47.2 Å². The summed E-state index contributed by atoms with van der Waals surface area (Å²) in [6, 6.07) is 11.6. The molecule has 0 radical (unpaired) electrons. The Balaban J connectivity index is 1.15. The summed E-state index contributed by atoms with van der Waals surface area (Å²) >= 11 is 2.92. The second-order valence-electron chi connectivity index (χ2n) is 10.8. The van der Waals surface area contributed by atoms with E-state index in [1.165, 1.54) is 33.6 Å². The highest BCUT2D eigenvalue weighted by Gasteiger charge is 2.46. The molecule has 2 fully saturated rings. The molecule has 6 nitrogen and oxygen atoms in total. The predicted octanol–water partition coefficient (Wildman–Crippen LogP) is 5.76. The number of rotatable bonds is 5. The number of carbonyl (C=O) groups excluding carboxylic acids is 1. The first-order valence-corrected chi connectivity index (χ1v) is 15.0. The van der Waals surface area contributed by atoms with Gasteiger partial charge in [0.25, 0.3) is 5.56 Å². The SMILES string of the molecule is O=C([C@@H]1CCC(F)(F)C[C@H]1c1ccsc1)N1CCC(O)(Cn2cnc3c(-c4ccccc4)scc3c2=O)CC1. The molecular formula is C29H29F2N3O3S2. The third-order valence-corrected chi connectivity index (χ3v) is 9.92. The van der Waals surface area contributed by atoms with Crippen molar-refractivity contribution >= 4 is 39.5 Å². The van der Waals surface area contributed by atoms with Crippen molar-refractivity contribution in [2.24, 2.45) is 5.92 Å². The van der Waals surface area contributed by atoms with E-state index in [9.17, 15) is 23.5 Å². The molecule has 6 rings (SSSR count). The van der Waals surface area contributed by atoms with Gasteiger partial charge >= 0.3 is 0 Å². The molecule has 1 aliphatic carbocycles. The number of halogens is 2. The van der Waals surface area contributed by atoms with Crippen molar-refractivity contribution in [2.75, 3.05) is 13.1 Å². The van der Waals surface area contributed by atoms with Crippen molar-refractivity contribution in [3.8, 4) is 10.4 Å². The molecule has 1 aliphatic heterocycles. The average Bonchev–Trinajstić information content (AvgIpc) is 3.61. The van der Waals surface area contributed by atoms with Gasteiger partial charge in [0.05, 0.1) is 34.3 Å². The number of nitrogens with zero attached hydrogens (tertiary/aromatic N) is 3. The van der Waals surface area contributed by atoms with Crippen LogP contribution in [-0.4, -0.2) is 50.1 Å². The second-order valence-corrected chi connectivity index (χ2v) is 12.4. The number of benzene rings is 1. The van der Waals surface area contributed by atoms with Crippen molar-refractivity contribution in [3.05, 3.63) is 74.8 Å². The predicted molar refractivity (Wildman–Crippen MR) is 149 cm³/mol. The number of carbonyl (C=O) groups is 1. The maximum Gasteiger partial charge on any atom is 0.262 e. The minimum absolute atomic E-state index is 0.0838. The average molecular weight is 570 g/mol. The number of aromatic nitrogens is 2. The number of aliphatic hydroxyl groups is 1. The highest BCUT2D eigenvalue weighted by Crippen LogP contribution is 2.46. The number of piperidine rings is 1. The first kappa shape index (κ1) is 26.3. The maximum absolute atomic E-state index is 14.3. The van der Waals surface area contributed by atoms with Crippen LogP contribution >= 0.6 is 22.7 Å². The van der Waals surface area contributed by atoms with E-state index in [0.717, 1.165) is 16.0 Å². The summed E-state index contributed by atoms with van der Waals surface area (Å²) in [5.41, 5.74) is 1.09. The lowest BCUT2D eigenvalue weighted by atomic mass is 9.73. The van der Waals surface area contributed by atoms with Gasteiger partial charge in [0.15, 0.2) is 0 Å². The summed E-state index contributed by atoms with van der Waals surface area (Å²) < 4.78 is 30.0. The molecule has 0 bridgehead atoms. The Hall–Kier alpha value is -2.95. The summed E-state index contributed by atoms with van der Waals surface area (Å²) in [7, 11) is 0. The minimum Gasteiger partial charge on any atom is -0.388 e. The standard InChI is InChI=1S/C29H29F2N3O3S2/c30-29(31)8-6-21(22(14-29)20-7-13-38-15-20)26(35)33-11-9-28(37,10-12-33)17-34-18-32-24-23(27(34)36)16-39-25(24)19-4-2-1-3-5-19/h1-5,7,13,15-16,18,21-22,37H,6,8-12,14,17H2/t21-,22+/m1/s1. The molecule has 1 saturated heterocycles. The molecule has 1 aromatic carbocycles. The van der Waals surface area contributed by atoms with Gasteiger partial charge in [0, 0.05) is 43.1 Å². The third-order valence-electron chi connectivity index (χ3n) is 8.20. The molecule has 10 heteroatoms. The number of amides is 1. The van der Waals surface area contributed by atoms with Crippen LogP contribution < -0.4 is 5.56 Å². The summed E-state index contributed by atoms with van der Waals surface area (Å²) in [5, 5.41) is 17.4. The number of fused-ring (bicyclic) bond motifs is 1. The molecule has 0 unspecified atom stereocenters. The Bertz CT molecular complexity index is 1530. The first-order chi connectivity index (χ1) is 18.7. The lowest BCUT2D eigenvalue weighted by molar-refractivity contribution is -0.145. The van der Waals surface area contributed by atoms with Crippen LogP contribution in [-0.2, 0) is 11.3 Å². The van der Waals surface area contributed by atoms with Crippen LogP contribution in [0, 0.1) is 5.92 Å². The highest BCUT2D eigenvalue weighted by atomic mass is 32.1. The minimum atomic E-state index is -2.77. The largest absolute Gasteiger partial charge is 0.388 e. The normalized spacial score (nSPS) is 22.7. The van der Waals surface area contributed by atoms with E-state index in [0.29, 0.717) is 36.8 Å². The maximum atomic E-state index is 14.3. The molecule has 1 N–H and O–H groups in total. The smallest absolute Gasteiger partial charge is 0.262 e. The van der Waals surface area contributed by atoms with Gasteiger partial charge in [-0.1, -0.05) is 30.3 Å². The number of hydrogen-bond acceptors (Lipinski definition) is 6. The van der Waals surface area contributed by atoms with E-state index < -0.39 is 23.4 Å². The van der Waals surface area contributed by atoms with E-state index in [-0.39, 0.29) is 37.3 Å². The second kappa shape index (κ2) is 10.2. The number of hydrogen-bond donors (Lipinski definition) is 1. The van der Waals surface area contributed by atoms with Crippen molar-refractivity contribution in [3.63, 3.8) is 0 Å². The lowest BCUT2D eigenvalue weighted by Gasteiger charge is -2.42. The van der Waals surface area contributed by atoms with Crippen LogP contribution in [0.1, 0.15) is 43.6 Å². The summed E-state index contributed by atoms with van der Waals surface area (Å²) in [6.07, 6.45) is 1.65. The number of thiophene rings is 2. The molecule has 1 amide bonds. The van der Waals surface area contributed by atoms with Gasteiger partial charge in [-0.3, -0.25) is 14.2 Å².